The van der Waals surface area contributed by atoms with E-state index in [-0.39, 0.29) is 17.6 Å². The third-order valence-electron chi connectivity index (χ3n) is 4.81. The number of nitrogens with one attached hydrogen (secondary N) is 2. The smallest absolute Gasteiger partial charge is 0.291 e. The molecule has 0 spiro atoms. The first-order valence-corrected chi connectivity index (χ1v) is 10.2. The molecule has 0 atom stereocenters. The Morgan fingerprint density at radius 1 is 0.931 bits per heavy atom. The second-order valence-electron chi connectivity index (χ2n) is 6.86. The van der Waals surface area contributed by atoms with Crippen LogP contribution in [0.5, 0.6) is 0 Å². The molecule has 1 fully saturated rings. The Labute approximate surface area is 172 Å². The number of nitrogens with zero attached hydrogens (tertiary/aromatic N) is 2. The number of furan rings is 1. The summed E-state index contributed by atoms with van der Waals surface area (Å²) in [6, 6.07) is 14.5. The quantitative estimate of drug-likeness (QED) is 0.672. The number of thiophene rings is 1. The molecule has 0 aliphatic carbocycles. The van der Waals surface area contributed by atoms with E-state index in [1.807, 2.05) is 24.3 Å². The van der Waals surface area contributed by atoms with Gasteiger partial charge in [-0.25, -0.2) is 0 Å². The number of carbonyl (C=O) groups excluding carboxylic acids is 2. The first-order valence-electron chi connectivity index (χ1n) is 9.39. The maximum Gasteiger partial charge on any atom is 0.291 e. The van der Waals surface area contributed by atoms with Crippen LogP contribution in [0.1, 0.15) is 20.2 Å². The number of amides is 2. The van der Waals surface area contributed by atoms with E-state index in [1.54, 1.807) is 24.3 Å². The van der Waals surface area contributed by atoms with Gasteiger partial charge < -0.3 is 24.9 Å². The molecule has 4 rings (SSSR count). The molecule has 1 saturated heterocycles. The molecule has 1 aromatic carbocycles. The summed E-state index contributed by atoms with van der Waals surface area (Å²) >= 11 is 1.22. The zero-order valence-electron chi connectivity index (χ0n) is 16.1. The van der Waals surface area contributed by atoms with Crippen LogP contribution in [0.4, 0.5) is 16.4 Å². The molecular weight excluding hydrogens is 388 g/mol. The average molecular weight is 410 g/mol. The summed E-state index contributed by atoms with van der Waals surface area (Å²) in [5, 5.41) is 6.35. The van der Waals surface area contributed by atoms with Crippen molar-refractivity contribution in [3.63, 3.8) is 0 Å². The molecule has 3 heterocycles. The van der Waals surface area contributed by atoms with Gasteiger partial charge in [0.15, 0.2) is 5.76 Å². The molecule has 0 saturated carbocycles. The Kier molecular flexibility index (Phi) is 5.64. The molecule has 2 N–H and O–H groups in total. The maximum absolute atomic E-state index is 12.8. The van der Waals surface area contributed by atoms with Crippen LogP contribution in [-0.4, -0.2) is 49.9 Å². The monoisotopic (exact) mass is 410 g/mol. The van der Waals surface area contributed by atoms with Crippen molar-refractivity contribution in [3.8, 4) is 0 Å². The largest absolute Gasteiger partial charge is 0.459 e. The van der Waals surface area contributed by atoms with Crippen molar-refractivity contribution >= 4 is 39.5 Å². The zero-order chi connectivity index (χ0) is 20.2. The predicted octanol–water partition coefficient (Wildman–Crippen LogP) is 3.60. The van der Waals surface area contributed by atoms with Crippen molar-refractivity contribution in [1.29, 1.82) is 0 Å². The van der Waals surface area contributed by atoms with Gasteiger partial charge in [-0.1, -0.05) is 12.1 Å². The molecular formula is C21H22N4O3S. The number of hydrogen-bond donors (Lipinski definition) is 2. The SMILES string of the molecule is CN1CCN(c2ccccc2NC(=O)c2ccc(NC(=O)c3ccco3)s2)CC1. The van der Waals surface area contributed by atoms with Gasteiger partial charge in [0.25, 0.3) is 11.8 Å². The van der Waals surface area contributed by atoms with Crippen molar-refractivity contribution in [2.24, 2.45) is 0 Å². The molecule has 2 amide bonds. The van der Waals surface area contributed by atoms with Gasteiger partial charge in [0, 0.05) is 26.2 Å². The van der Waals surface area contributed by atoms with E-state index < -0.39 is 0 Å². The van der Waals surface area contributed by atoms with Gasteiger partial charge in [-0.3, -0.25) is 9.59 Å². The first-order chi connectivity index (χ1) is 14.1. The van der Waals surface area contributed by atoms with Gasteiger partial charge in [-0.15, -0.1) is 11.3 Å². The number of anilines is 3. The third-order valence-corrected chi connectivity index (χ3v) is 5.81. The van der Waals surface area contributed by atoms with Crippen molar-refractivity contribution in [2.45, 2.75) is 0 Å². The van der Waals surface area contributed by atoms with E-state index in [9.17, 15) is 9.59 Å². The van der Waals surface area contributed by atoms with Crippen LogP contribution in [0.2, 0.25) is 0 Å². The van der Waals surface area contributed by atoms with Gasteiger partial charge in [-0.05, 0) is 43.4 Å². The van der Waals surface area contributed by atoms with Crippen LogP contribution in [-0.2, 0) is 0 Å². The van der Waals surface area contributed by atoms with E-state index in [0.717, 1.165) is 37.6 Å². The molecule has 7 nitrogen and oxygen atoms in total. The lowest BCUT2D eigenvalue weighted by molar-refractivity contribution is 0.0995. The van der Waals surface area contributed by atoms with Crippen LogP contribution >= 0.6 is 11.3 Å². The highest BCUT2D eigenvalue weighted by Gasteiger charge is 2.19. The summed E-state index contributed by atoms with van der Waals surface area (Å²) in [5.41, 5.74) is 1.81. The van der Waals surface area contributed by atoms with E-state index in [1.165, 1.54) is 17.6 Å². The highest BCUT2D eigenvalue weighted by Crippen LogP contribution is 2.29. The summed E-state index contributed by atoms with van der Waals surface area (Å²) in [6.07, 6.45) is 1.44. The van der Waals surface area contributed by atoms with Crippen molar-refractivity contribution in [2.75, 3.05) is 48.8 Å². The minimum absolute atomic E-state index is 0.199. The van der Waals surface area contributed by atoms with E-state index in [4.69, 9.17) is 4.42 Å². The van der Waals surface area contributed by atoms with Crippen LogP contribution in [0.3, 0.4) is 0 Å². The fourth-order valence-electron chi connectivity index (χ4n) is 3.19. The van der Waals surface area contributed by atoms with Gasteiger partial charge in [0.1, 0.15) is 0 Å². The number of rotatable bonds is 5. The van der Waals surface area contributed by atoms with Crippen molar-refractivity contribution in [1.82, 2.24) is 4.90 Å². The fourth-order valence-corrected chi connectivity index (χ4v) is 3.99. The highest BCUT2D eigenvalue weighted by molar-refractivity contribution is 7.18. The molecule has 0 bridgehead atoms. The number of hydrogen-bond acceptors (Lipinski definition) is 6. The molecule has 1 aliphatic rings. The maximum atomic E-state index is 12.8. The van der Waals surface area contributed by atoms with E-state index in [2.05, 4.69) is 27.5 Å². The summed E-state index contributed by atoms with van der Waals surface area (Å²) in [4.78, 5) is 30.0. The topological polar surface area (TPSA) is 77.8 Å². The molecule has 8 heteroatoms. The Morgan fingerprint density at radius 2 is 1.72 bits per heavy atom. The third kappa shape index (κ3) is 4.49. The minimum atomic E-state index is -0.343. The lowest BCUT2D eigenvalue weighted by Gasteiger charge is -2.35. The average Bonchev–Trinajstić information content (AvgIpc) is 3.41. The van der Waals surface area contributed by atoms with Crippen LogP contribution in [0.15, 0.2) is 59.2 Å². The molecule has 150 valence electrons. The number of para-hydroxylation sites is 2. The first kappa shape index (κ1) is 19.2. The molecule has 3 aromatic rings. The van der Waals surface area contributed by atoms with E-state index in [0.29, 0.717) is 9.88 Å². The molecule has 2 aromatic heterocycles. The summed E-state index contributed by atoms with van der Waals surface area (Å²) in [6.45, 7) is 3.83. The number of benzene rings is 1. The Balaban J connectivity index is 1.44. The highest BCUT2D eigenvalue weighted by atomic mass is 32.1. The number of piperazine rings is 1. The number of carbonyl (C=O) groups is 2. The van der Waals surface area contributed by atoms with Crippen LogP contribution in [0, 0.1) is 0 Å². The van der Waals surface area contributed by atoms with Crippen molar-refractivity contribution in [3.05, 3.63) is 65.4 Å². The standard InChI is InChI=1S/C21H22N4O3S/c1-24-10-12-25(13-11-24)16-6-3-2-5-15(16)22-21(27)18-8-9-19(29-18)23-20(26)17-7-4-14-28-17/h2-9,14H,10-13H2,1H3,(H,22,27)(H,23,26). The summed E-state index contributed by atoms with van der Waals surface area (Å²) in [7, 11) is 2.12. The minimum Gasteiger partial charge on any atom is -0.459 e. The second kappa shape index (κ2) is 8.50. The van der Waals surface area contributed by atoms with Crippen LogP contribution in [0.25, 0.3) is 0 Å². The Hall–Kier alpha value is -3.10. The van der Waals surface area contributed by atoms with Crippen LogP contribution < -0.4 is 15.5 Å². The van der Waals surface area contributed by atoms with Gasteiger partial charge in [0.05, 0.1) is 27.5 Å². The lowest BCUT2D eigenvalue weighted by Crippen LogP contribution is -2.44. The molecule has 0 unspecified atom stereocenters. The molecule has 29 heavy (non-hydrogen) atoms. The van der Waals surface area contributed by atoms with Gasteiger partial charge in [-0.2, -0.15) is 0 Å². The van der Waals surface area contributed by atoms with Crippen molar-refractivity contribution < 1.29 is 14.0 Å². The molecule has 1 aliphatic heterocycles. The van der Waals surface area contributed by atoms with Gasteiger partial charge in [0.2, 0.25) is 0 Å². The zero-order valence-corrected chi connectivity index (χ0v) is 16.9. The Bertz CT molecular complexity index is 991. The Morgan fingerprint density at radius 3 is 2.48 bits per heavy atom. The molecule has 0 radical (unpaired) electrons. The summed E-state index contributed by atoms with van der Waals surface area (Å²) in [5.74, 6) is -0.315. The lowest BCUT2D eigenvalue weighted by atomic mass is 10.2. The van der Waals surface area contributed by atoms with E-state index >= 15 is 0 Å². The normalized spacial score (nSPS) is 14.6. The second-order valence-corrected chi connectivity index (χ2v) is 7.94. The fraction of sp³-hybridized carbons (Fsp3) is 0.238. The number of likely N-dealkylation sites (N-methyl/N-ethyl adjacent to an activating group) is 1. The van der Waals surface area contributed by atoms with Gasteiger partial charge >= 0.3 is 0 Å². The predicted molar refractivity (Wildman–Crippen MR) is 115 cm³/mol. The summed E-state index contributed by atoms with van der Waals surface area (Å²) < 4.78 is 5.08.